The third-order valence-corrected chi connectivity index (χ3v) is 7.14. The Kier molecular flexibility index (Phi) is 7.30. The van der Waals surface area contributed by atoms with E-state index < -0.39 is 23.5 Å². The number of carbonyl (C=O) groups is 3. The van der Waals surface area contributed by atoms with E-state index in [1.54, 1.807) is 49.3 Å². The molecule has 1 aliphatic rings. The quantitative estimate of drug-likeness (QED) is 0.428. The van der Waals surface area contributed by atoms with E-state index in [2.05, 4.69) is 32.7 Å². The summed E-state index contributed by atoms with van der Waals surface area (Å²) >= 11 is 1.59. The molecule has 1 aliphatic heterocycles. The maximum atomic E-state index is 13.3. The number of likely N-dealkylation sites (tertiary alicyclic amines) is 1. The highest BCUT2D eigenvalue weighted by Gasteiger charge is 2.35. The van der Waals surface area contributed by atoms with Crippen LogP contribution in [0.15, 0.2) is 24.5 Å². The number of thiophene rings is 1. The molecule has 0 bridgehead atoms. The zero-order chi connectivity index (χ0) is 26.0. The van der Waals surface area contributed by atoms with Crippen LogP contribution in [0.4, 0.5) is 16.3 Å². The summed E-state index contributed by atoms with van der Waals surface area (Å²) < 4.78 is 6.32. The maximum absolute atomic E-state index is 13.3. The van der Waals surface area contributed by atoms with Gasteiger partial charge in [-0.25, -0.2) is 9.78 Å². The van der Waals surface area contributed by atoms with E-state index in [1.807, 2.05) is 13.0 Å². The van der Waals surface area contributed by atoms with Crippen molar-refractivity contribution in [1.82, 2.24) is 20.1 Å². The van der Waals surface area contributed by atoms with E-state index in [9.17, 15) is 14.4 Å². The monoisotopic (exact) mass is 512 g/mol. The molecule has 0 radical (unpaired) electrons. The lowest BCUT2D eigenvalue weighted by Crippen LogP contribution is -2.46. The van der Waals surface area contributed by atoms with Gasteiger partial charge in [-0.05, 0) is 63.6 Å². The zero-order valence-electron chi connectivity index (χ0n) is 21.2. The van der Waals surface area contributed by atoms with E-state index in [4.69, 9.17) is 4.74 Å². The van der Waals surface area contributed by atoms with Gasteiger partial charge in [0.15, 0.2) is 0 Å². The number of amides is 3. The van der Waals surface area contributed by atoms with Gasteiger partial charge in [-0.15, -0.1) is 11.3 Å². The van der Waals surface area contributed by atoms with Crippen molar-refractivity contribution < 1.29 is 19.1 Å². The number of piperidine rings is 1. The number of aromatic nitrogens is 3. The predicted molar refractivity (Wildman–Crippen MR) is 139 cm³/mol. The number of nitrogens with zero attached hydrogens (tertiary/aromatic N) is 3. The summed E-state index contributed by atoms with van der Waals surface area (Å²) in [5.41, 5.74) is 1.39. The lowest BCUT2D eigenvalue weighted by atomic mass is 9.93. The minimum Gasteiger partial charge on any atom is -0.444 e. The van der Waals surface area contributed by atoms with Crippen molar-refractivity contribution in [1.29, 1.82) is 0 Å². The number of fused-ring (bicyclic) bond motifs is 1. The normalized spacial score (nSPS) is 18.2. The number of pyridine rings is 1. The van der Waals surface area contributed by atoms with Gasteiger partial charge >= 0.3 is 17.9 Å². The van der Waals surface area contributed by atoms with E-state index in [0.717, 1.165) is 27.9 Å². The summed E-state index contributed by atoms with van der Waals surface area (Å²) in [4.78, 5) is 45.4. The molecule has 3 aromatic heterocycles. The number of rotatable bonds is 4. The van der Waals surface area contributed by atoms with Crippen LogP contribution in [0.25, 0.3) is 10.2 Å². The van der Waals surface area contributed by atoms with Crippen molar-refractivity contribution in [3.05, 3.63) is 35.0 Å². The number of H-pyrrole nitrogens is 1. The van der Waals surface area contributed by atoms with Crippen LogP contribution >= 0.6 is 11.3 Å². The van der Waals surface area contributed by atoms with Crippen LogP contribution in [0, 0.1) is 5.92 Å². The Morgan fingerprint density at radius 3 is 2.67 bits per heavy atom. The summed E-state index contributed by atoms with van der Waals surface area (Å²) in [7, 11) is 0. The molecule has 3 N–H and O–H groups in total. The van der Waals surface area contributed by atoms with Gasteiger partial charge in [-0.3, -0.25) is 20.0 Å². The number of nitrogens with one attached hydrogen (secondary N) is 3. The number of hydrogen-bond acceptors (Lipinski definition) is 7. The molecule has 1 saturated heterocycles. The van der Waals surface area contributed by atoms with Crippen molar-refractivity contribution >= 4 is 51.0 Å². The first-order valence-electron chi connectivity index (χ1n) is 12.1. The molecule has 0 unspecified atom stereocenters. The van der Waals surface area contributed by atoms with Crippen molar-refractivity contribution in [3.8, 4) is 0 Å². The van der Waals surface area contributed by atoms with Gasteiger partial charge in [-0.2, -0.15) is 5.10 Å². The number of aromatic amines is 1. The first-order valence-corrected chi connectivity index (χ1v) is 12.9. The molecule has 36 heavy (non-hydrogen) atoms. The molecule has 0 spiro atoms. The molecule has 10 nitrogen and oxygen atoms in total. The van der Waals surface area contributed by atoms with E-state index >= 15 is 0 Å². The second kappa shape index (κ2) is 10.3. The van der Waals surface area contributed by atoms with Gasteiger partial charge in [-0.1, -0.05) is 13.8 Å². The van der Waals surface area contributed by atoms with Crippen LogP contribution in [-0.4, -0.2) is 50.1 Å². The number of ether oxygens (including phenoxy) is 1. The van der Waals surface area contributed by atoms with Crippen LogP contribution in [0.3, 0.4) is 0 Å². The Balaban J connectivity index is 1.47. The highest BCUT2D eigenvalue weighted by molar-refractivity contribution is 7.19. The number of anilines is 2. The molecule has 0 saturated carbocycles. The van der Waals surface area contributed by atoms with Crippen molar-refractivity contribution in [2.45, 2.75) is 65.5 Å². The third-order valence-electron chi connectivity index (χ3n) is 5.97. The molecule has 3 amide bonds. The van der Waals surface area contributed by atoms with Gasteiger partial charge in [0.2, 0.25) is 0 Å². The molecule has 4 rings (SSSR count). The smallest absolute Gasteiger partial charge is 0.413 e. The summed E-state index contributed by atoms with van der Waals surface area (Å²) in [6.07, 6.45) is 4.92. The summed E-state index contributed by atoms with van der Waals surface area (Å²) in [6.45, 7) is 9.84. The highest BCUT2D eigenvalue weighted by Crippen LogP contribution is 2.38. The molecule has 192 valence electrons. The topological polar surface area (TPSA) is 129 Å². The predicted octanol–water partition coefficient (Wildman–Crippen LogP) is 4.87. The van der Waals surface area contributed by atoms with Gasteiger partial charge in [0, 0.05) is 11.4 Å². The fourth-order valence-corrected chi connectivity index (χ4v) is 5.41. The van der Waals surface area contributed by atoms with Crippen molar-refractivity contribution in [2.75, 3.05) is 17.2 Å². The van der Waals surface area contributed by atoms with Gasteiger partial charge in [0.05, 0.1) is 34.3 Å². The molecule has 1 fully saturated rings. The Hall–Kier alpha value is -3.47. The third kappa shape index (κ3) is 5.84. The Morgan fingerprint density at radius 2 is 1.97 bits per heavy atom. The molecule has 0 aromatic carbocycles. The Morgan fingerprint density at radius 1 is 1.19 bits per heavy atom. The lowest BCUT2D eigenvalue weighted by molar-refractivity contribution is -0.146. The average molecular weight is 513 g/mol. The molecular weight excluding hydrogens is 480 g/mol. The fourth-order valence-electron chi connectivity index (χ4n) is 4.28. The minimum absolute atomic E-state index is 0.157. The SMILES string of the molecule is CCc1cc(NC(=O)C(=O)N2C[C@H](C)CC[C@H]2c2cc3[nH]ncc3s2)cnc1NC(=O)OC(C)(C)C. The second-order valence-corrected chi connectivity index (χ2v) is 11.2. The van der Waals surface area contributed by atoms with Crippen LogP contribution in [0.5, 0.6) is 0 Å². The highest BCUT2D eigenvalue weighted by atomic mass is 32.1. The number of aryl methyl sites for hydroxylation is 1. The first kappa shape index (κ1) is 25.6. The average Bonchev–Trinajstić information content (AvgIpc) is 3.40. The maximum Gasteiger partial charge on any atom is 0.413 e. The van der Waals surface area contributed by atoms with Gasteiger partial charge in [0.1, 0.15) is 11.4 Å². The number of hydrogen-bond donors (Lipinski definition) is 3. The van der Waals surface area contributed by atoms with Crippen LogP contribution in [0.1, 0.15) is 63.9 Å². The molecule has 2 atom stereocenters. The molecular formula is C25H32N6O4S. The first-order chi connectivity index (χ1) is 17.0. The van der Waals surface area contributed by atoms with Gasteiger partial charge < -0.3 is 15.0 Å². The van der Waals surface area contributed by atoms with E-state index in [0.29, 0.717) is 36.0 Å². The standard InChI is InChI=1S/C25H32N6O4S/c1-6-15-9-16(11-26-21(15)29-24(34)35-25(3,4)5)28-22(32)23(33)31-13-14(2)7-8-18(31)19-10-17-20(36-19)12-27-30-17/h9-12,14,18H,6-8,13H2,1-5H3,(H,27,30)(H,28,32)(H,26,29,34)/t14-,18+/m1/s1. The second-order valence-electron chi connectivity index (χ2n) is 10.1. The van der Waals surface area contributed by atoms with Crippen molar-refractivity contribution in [2.24, 2.45) is 5.92 Å². The minimum atomic E-state index is -0.713. The number of carbonyl (C=O) groups excluding carboxylic acids is 3. The van der Waals surface area contributed by atoms with E-state index in [1.165, 1.54) is 6.20 Å². The summed E-state index contributed by atoms with van der Waals surface area (Å²) in [5.74, 6) is -0.634. The summed E-state index contributed by atoms with van der Waals surface area (Å²) in [6, 6.07) is 3.56. The van der Waals surface area contributed by atoms with E-state index in [-0.39, 0.29) is 6.04 Å². The summed E-state index contributed by atoms with van der Waals surface area (Å²) in [5, 5.41) is 12.3. The van der Waals surface area contributed by atoms with Crippen LogP contribution in [0.2, 0.25) is 0 Å². The Labute approximate surface area is 213 Å². The zero-order valence-corrected chi connectivity index (χ0v) is 22.0. The fraction of sp³-hybridized carbons (Fsp3) is 0.480. The Bertz CT molecular complexity index is 1250. The van der Waals surface area contributed by atoms with Crippen LogP contribution in [-0.2, 0) is 20.7 Å². The largest absolute Gasteiger partial charge is 0.444 e. The molecule has 4 heterocycles. The molecule has 3 aromatic rings. The lowest BCUT2D eigenvalue weighted by Gasteiger charge is -2.37. The molecule has 11 heteroatoms. The van der Waals surface area contributed by atoms with Gasteiger partial charge in [0.25, 0.3) is 0 Å². The van der Waals surface area contributed by atoms with Crippen LogP contribution < -0.4 is 10.6 Å². The molecule has 0 aliphatic carbocycles. The van der Waals surface area contributed by atoms with Crippen molar-refractivity contribution in [3.63, 3.8) is 0 Å².